The van der Waals surface area contributed by atoms with Crippen molar-refractivity contribution in [1.29, 1.82) is 0 Å². The van der Waals surface area contributed by atoms with Crippen LogP contribution in [0.25, 0.3) is 0 Å². The molecular formula is C30H35N7O6. The lowest BCUT2D eigenvalue weighted by molar-refractivity contribution is -0.146. The summed E-state index contributed by atoms with van der Waals surface area (Å²) in [6, 6.07) is 11.7. The SMILES string of the molecule is COc1cc2c(cc1CN1CCN3C(=O)[C@H](Cc4ccccc4)NC(=O)CCCn4cc(nn4)CNC(=O)[C@H]3C1)OCO2. The van der Waals surface area contributed by atoms with Gasteiger partial charge in [0.1, 0.15) is 23.5 Å². The lowest BCUT2D eigenvalue weighted by atomic mass is 10.0. The number of carbonyl (C=O) groups is 3. The van der Waals surface area contributed by atoms with Gasteiger partial charge >= 0.3 is 0 Å². The molecule has 2 aromatic carbocycles. The van der Waals surface area contributed by atoms with Crippen LogP contribution >= 0.6 is 0 Å². The van der Waals surface area contributed by atoms with E-state index in [2.05, 4.69) is 25.8 Å². The van der Waals surface area contributed by atoms with Crippen LogP contribution in [0.4, 0.5) is 0 Å². The van der Waals surface area contributed by atoms with Crippen LogP contribution in [-0.2, 0) is 40.4 Å². The Morgan fingerprint density at radius 1 is 1.05 bits per heavy atom. The number of amides is 3. The van der Waals surface area contributed by atoms with Gasteiger partial charge in [0.05, 0.1) is 19.9 Å². The van der Waals surface area contributed by atoms with Crippen LogP contribution in [0.15, 0.2) is 48.7 Å². The Morgan fingerprint density at radius 2 is 1.86 bits per heavy atom. The number of rotatable bonds is 5. The topological polar surface area (TPSA) is 140 Å². The normalized spacial score (nSPS) is 21.3. The molecule has 3 amide bonds. The van der Waals surface area contributed by atoms with Gasteiger partial charge in [0.2, 0.25) is 24.5 Å². The molecule has 3 aliphatic rings. The van der Waals surface area contributed by atoms with Crippen LogP contribution in [0.5, 0.6) is 17.2 Å². The zero-order valence-corrected chi connectivity index (χ0v) is 24.0. The zero-order valence-electron chi connectivity index (χ0n) is 24.0. The van der Waals surface area contributed by atoms with Crippen molar-refractivity contribution in [2.24, 2.45) is 0 Å². The summed E-state index contributed by atoms with van der Waals surface area (Å²) in [5.41, 5.74) is 2.41. The van der Waals surface area contributed by atoms with Crippen LogP contribution in [0.2, 0.25) is 0 Å². The predicted molar refractivity (Wildman–Crippen MR) is 153 cm³/mol. The lowest BCUT2D eigenvalue weighted by Crippen LogP contribution is -2.63. The average molecular weight is 590 g/mol. The van der Waals surface area contributed by atoms with Gasteiger partial charge in [-0.3, -0.25) is 24.0 Å². The minimum atomic E-state index is -0.812. The van der Waals surface area contributed by atoms with E-state index in [-0.39, 0.29) is 44.0 Å². The summed E-state index contributed by atoms with van der Waals surface area (Å²) in [4.78, 5) is 44.6. The van der Waals surface area contributed by atoms with Crippen molar-refractivity contribution in [3.8, 4) is 17.2 Å². The van der Waals surface area contributed by atoms with E-state index in [0.717, 1.165) is 11.1 Å². The minimum absolute atomic E-state index is 0.152. The molecule has 3 aliphatic heterocycles. The quantitative estimate of drug-likeness (QED) is 0.444. The third-order valence-electron chi connectivity index (χ3n) is 7.96. The van der Waals surface area contributed by atoms with Crippen molar-refractivity contribution < 1.29 is 28.6 Å². The largest absolute Gasteiger partial charge is 0.496 e. The fourth-order valence-corrected chi connectivity index (χ4v) is 5.73. The molecule has 0 aliphatic carbocycles. The van der Waals surface area contributed by atoms with Crippen molar-refractivity contribution in [2.75, 3.05) is 33.5 Å². The molecule has 6 rings (SSSR count). The fourth-order valence-electron chi connectivity index (χ4n) is 5.73. The van der Waals surface area contributed by atoms with E-state index in [1.165, 1.54) is 0 Å². The van der Waals surface area contributed by atoms with Crippen LogP contribution in [0, 0.1) is 0 Å². The highest BCUT2D eigenvalue weighted by Gasteiger charge is 2.39. The van der Waals surface area contributed by atoms with Crippen molar-refractivity contribution in [3.63, 3.8) is 0 Å². The molecule has 1 fully saturated rings. The lowest BCUT2D eigenvalue weighted by Gasteiger charge is -2.42. The molecule has 43 heavy (non-hydrogen) atoms. The van der Waals surface area contributed by atoms with Gasteiger partial charge in [-0.15, -0.1) is 5.10 Å². The number of methoxy groups -OCH3 is 1. The Kier molecular flexibility index (Phi) is 8.40. The maximum absolute atomic E-state index is 14.1. The van der Waals surface area contributed by atoms with Gasteiger partial charge < -0.3 is 29.7 Å². The second-order valence-corrected chi connectivity index (χ2v) is 10.9. The molecular weight excluding hydrogens is 554 g/mol. The van der Waals surface area contributed by atoms with Crippen LogP contribution < -0.4 is 24.8 Å². The second kappa shape index (κ2) is 12.7. The first kappa shape index (κ1) is 28.5. The van der Waals surface area contributed by atoms with E-state index >= 15 is 0 Å². The molecule has 226 valence electrons. The maximum atomic E-state index is 14.1. The molecule has 4 heterocycles. The third-order valence-corrected chi connectivity index (χ3v) is 7.96. The number of benzene rings is 2. The monoisotopic (exact) mass is 589 g/mol. The summed E-state index contributed by atoms with van der Waals surface area (Å²) in [6.45, 7) is 2.42. The number of ether oxygens (including phenoxy) is 3. The molecule has 2 N–H and O–H groups in total. The first-order chi connectivity index (χ1) is 21.0. The highest BCUT2D eigenvalue weighted by Crippen LogP contribution is 2.38. The molecule has 0 unspecified atom stereocenters. The van der Waals surface area contributed by atoms with E-state index < -0.39 is 12.1 Å². The second-order valence-electron chi connectivity index (χ2n) is 10.9. The Morgan fingerprint density at radius 3 is 2.67 bits per heavy atom. The first-order valence-corrected chi connectivity index (χ1v) is 14.5. The smallest absolute Gasteiger partial charge is 0.246 e. The third kappa shape index (κ3) is 6.56. The molecule has 13 nitrogen and oxygen atoms in total. The summed E-state index contributed by atoms with van der Waals surface area (Å²) in [7, 11) is 1.60. The van der Waals surface area contributed by atoms with Gasteiger partial charge in [-0.2, -0.15) is 0 Å². The van der Waals surface area contributed by atoms with Crippen molar-refractivity contribution in [1.82, 2.24) is 35.4 Å². The van der Waals surface area contributed by atoms with Gasteiger partial charge in [-0.1, -0.05) is 35.5 Å². The van der Waals surface area contributed by atoms with Gasteiger partial charge in [0, 0.05) is 57.2 Å². The summed E-state index contributed by atoms with van der Waals surface area (Å²) in [5.74, 6) is 1.12. The molecule has 0 radical (unpaired) electrons. The number of aryl methyl sites for hydroxylation is 1. The molecule has 2 bridgehead atoms. The molecule has 13 heteroatoms. The molecule has 0 spiro atoms. The van der Waals surface area contributed by atoms with Crippen LogP contribution in [-0.4, -0.2) is 88.1 Å². The first-order valence-electron chi connectivity index (χ1n) is 14.5. The van der Waals surface area contributed by atoms with Gasteiger partial charge in [0.25, 0.3) is 0 Å². The summed E-state index contributed by atoms with van der Waals surface area (Å²) < 4.78 is 18.3. The maximum Gasteiger partial charge on any atom is 0.246 e. The van der Waals surface area contributed by atoms with Gasteiger partial charge in [-0.25, -0.2) is 0 Å². The number of fused-ring (bicyclic) bond motifs is 4. The molecule has 2 atom stereocenters. The van der Waals surface area contributed by atoms with E-state index in [1.54, 1.807) is 29.0 Å². The highest BCUT2D eigenvalue weighted by atomic mass is 16.7. The van der Waals surface area contributed by atoms with Crippen molar-refractivity contribution >= 4 is 17.7 Å². The zero-order chi connectivity index (χ0) is 29.8. The van der Waals surface area contributed by atoms with E-state index in [0.29, 0.717) is 62.0 Å². The summed E-state index contributed by atoms with van der Waals surface area (Å²) in [5, 5.41) is 14.2. The average Bonchev–Trinajstić information content (AvgIpc) is 3.68. The highest BCUT2D eigenvalue weighted by molar-refractivity contribution is 5.92. The van der Waals surface area contributed by atoms with Crippen molar-refractivity contribution in [3.05, 3.63) is 65.5 Å². The predicted octanol–water partition coefficient (Wildman–Crippen LogP) is 0.866. The number of hydrogen-bond donors (Lipinski definition) is 2. The van der Waals surface area contributed by atoms with Gasteiger partial charge in [0.15, 0.2) is 11.5 Å². The number of hydrogen-bond acceptors (Lipinski definition) is 9. The van der Waals surface area contributed by atoms with E-state index in [4.69, 9.17) is 14.2 Å². The van der Waals surface area contributed by atoms with E-state index in [9.17, 15) is 14.4 Å². The van der Waals surface area contributed by atoms with Crippen LogP contribution in [0.3, 0.4) is 0 Å². The number of nitrogens with one attached hydrogen (secondary N) is 2. The summed E-state index contributed by atoms with van der Waals surface area (Å²) in [6.07, 6.45) is 2.86. The molecule has 3 aromatic rings. The number of carbonyl (C=O) groups excluding carboxylic acids is 3. The van der Waals surface area contributed by atoms with Gasteiger partial charge in [-0.05, 0) is 18.1 Å². The standard InChI is InChI=1S/C30H35N7O6/c1-41-25-14-27-26(42-19-43-27)13-21(25)16-35-10-11-37-24(18-35)29(39)31-15-22-17-36(34-33-22)9-5-8-28(38)32-23(30(37)40)12-20-6-3-2-4-7-20/h2-4,6-7,13-14,17,23-24H,5,8-12,15-16,18-19H2,1H3,(H,31,39)(H,32,38)/t23-,24+/m0/s1. The number of nitrogens with zero attached hydrogens (tertiary/aromatic N) is 5. The molecule has 1 aromatic heterocycles. The minimum Gasteiger partial charge on any atom is -0.496 e. The number of aromatic nitrogens is 3. The Balaban J connectivity index is 1.27. The summed E-state index contributed by atoms with van der Waals surface area (Å²) >= 11 is 0. The fraction of sp³-hybridized carbons (Fsp3) is 0.433. The van der Waals surface area contributed by atoms with Crippen molar-refractivity contribution in [2.45, 2.75) is 51.0 Å². The number of piperazine rings is 1. The molecule has 1 saturated heterocycles. The molecule has 0 saturated carbocycles. The van der Waals surface area contributed by atoms with E-state index in [1.807, 2.05) is 36.4 Å². The van der Waals surface area contributed by atoms with Crippen LogP contribution in [0.1, 0.15) is 29.7 Å². The Bertz CT molecular complexity index is 1480. The Hall–Kier alpha value is -4.65. The Labute approximate surface area is 249 Å².